The Bertz CT molecular complexity index is 1010. The third-order valence-corrected chi connectivity index (χ3v) is 7.78. The van der Waals surface area contributed by atoms with E-state index in [0.29, 0.717) is 0 Å². The molecule has 1 fully saturated rings. The minimum atomic E-state index is -3.77. The Hall–Kier alpha value is -2.38. The van der Waals surface area contributed by atoms with Gasteiger partial charge in [-0.1, -0.05) is 38.1 Å². The number of hydrogen-bond acceptors (Lipinski definition) is 5. The standard InChI is InChI=1S/C22H27N3O3S/c1-3-23-11-13-24(14-12-23)19-8-6-7-18(15-19)17(2)16-25-22(26)20-9-4-5-10-21(20)29(25,27)28/h4-10,15,17H,3,11-14,16H2,1-2H3. The Morgan fingerprint density at radius 2 is 1.72 bits per heavy atom. The zero-order valence-corrected chi connectivity index (χ0v) is 17.7. The van der Waals surface area contributed by atoms with E-state index in [-0.39, 0.29) is 22.9 Å². The summed E-state index contributed by atoms with van der Waals surface area (Å²) < 4.78 is 26.7. The second-order valence-corrected chi connectivity index (χ2v) is 9.59. The smallest absolute Gasteiger partial charge is 0.269 e. The average Bonchev–Trinajstić information content (AvgIpc) is 2.95. The van der Waals surface area contributed by atoms with Crippen molar-refractivity contribution in [1.82, 2.24) is 9.21 Å². The Morgan fingerprint density at radius 3 is 2.41 bits per heavy atom. The first-order valence-corrected chi connectivity index (χ1v) is 11.6. The van der Waals surface area contributed by atoms with Crippen LogP contribution in [0.5, 0.6) is 0 Å². The van der Waals surface area contributed by atoms with Crippen molar-refractivity contribution in [2.75, 3.05) is 44.2 Å². The highest BCUT2D eigenvalue weighted by atomic mass is 32.2. The zero-order chi connectivity index (χ0) is 20.6. The molecule has 2 heterocycles. The Balaban J connectivity index is 1.51. The van der Waals surface area contributed by atoms with E-state index < -0.39 is 15.9 Å². The van der Waals surface area contributed by atoms with E-state index >= 15 is 0 Å². The molecular formula is C22H27N3O3S. The molecule has 0 N–H and O–H groups in total. The Labute approximate surface area is 172 Å². The Kier molecular flexibility index (Phi) is 5.36. The third kappa shape index (κ3) is 3.65. The van der Waals surface area contributed by atoms with E-state index in [1.807, 2.05) is 19.1 Å². The topological polar surface area (TPSA) is 60.9 Å². The van der Waals surface area contributed by atoms with E-state index in [1.165, 1.54) is 6.07 Å². The van der Waals surface area contributed by atoms with Crippen LogP contribution in [0.2, 0.25) is 0 Å². The lowest BCUT2D eigenvalue weighted by Gasteiger charge is -2.35. The number of amides is 1. The van der Waals surface area contributed by atoms with Crippen LogP contribution < -0.4 is 4.90 Å². The largest absolute Gasteiger partial charge is 0.369 e. The van der Waals surface area contributed by atoms with Gasteiger partial charge in [0, 0.05) is 38.4 Å². The monoisotopic (exact) mass is 413 g/mol. The molecule has 2 aliphatic rings. The van der Waals surface area contributed by atoms with Gasteiger partial charge in [-0.05, 0) is 42.3 Å². The minimum Gasteiger partial charge on any atom is -0.369 e. The number of anilines is 1. The molecule has 0 aliphatic carbocycles. The van der Waals surface area contributed by atoms with Crippen molar-refractivity contribution in [3.63, 3.8) is 0 Å². The summed E-state index contributed by atoms with van der Waals surface area (Å²) >= 11 is 0. The van der Waals surface area contributed by atoms with Gasteiger partial charge in [-0.2, -0.15) is 0 Å². The SMILES string of the molecule is CCN1CCN(c2cccc(C(C)CN3C(=O)c4ccccc4S3(=O)=O)c2)CC1. The minimum absolute atomic E-state index is 0.0973. The van der Waals surface area contributed by atoms with E-state index in [9.17, 15) is 13.2 Å². The predicted octanol–water partition coefficient (Wildman–Crippen LogP) is 2.78. The maximum atomic E-state index is 12.8. The van der Waals surface area contributed by atoms with Crippen molar-refractivity contribution in [3.8, 4) is 0 Å². The molecule has 2 aromatic carbocycles. The number of fused-ring (bicyclic) bond motifs is 1. The number of piperazine rings is 1. The van der Waals surface area contributed by atoms with Crippen molar-refractivity contribution < 1.29 is 13.2 Å². The molecule has 0 spiro atoms. The van der Waals surface area contributed by atoms with Gasteiger partial charge in [-0.15, -0.1) is 0 Å². The number of rotatable bonds is 5. The van der Waals surface area contributed by atoms with E-state index in [1.54, 1.807) is 18.2 Å². The lowest BCUT2D eigenvalue weighted by Crippen LogP contribution is -2.46. The molecule has 7 heteroatoms. The van der Waals surface area contributed by atoms with Crippen LogP contribution in [0.3, 0.4) is 0 Å². The van der Waals surface area contributed by atoms with E-state index in [0.717, 1.165) is 48.3 Å². The summed E-state index contributed by atoms with van der Waals surface area (Å²) in [6.45, 7) is 9.45. The second kappa shape index (κ2) is 7.80. The molecule has 1 saturated heterocycles. The number of nitrogens with zero attached hydrogens (tertiary/aromatic N) is 3. The molecule has 0 saturated carbocycles. The highest BCUT2D eigenvalue weighted by Crippen LogP contribution is 2.32. The molecule has 4 rings (SSSR count). The summed E-state index contributed by atoms with van der Waals surface area (Å²) in [4.78, 5) is 17.6. The van der Waals surface area contributed by atoms with Gasteiger partial charge in [0.15, 0.2) is 0 Å². The van der Waals surface area contributed by atoms with E-state index in [2.05, 4.69) is 28.9 Å². The van der Waals surface area contributed by atoms with Crippen LogP contribution in [-0.4, -0.2) is 62.8 Å². The van der Waals surface area contributed by atoms with Gasteiger partial charge < -0.3 is 9.80 Å². The fraction of sp³-hybridized carbons (Fsp3) is 0.409. The molecule has 0 bridgehead atoms. The summed E-state index contributed by atoms with van der Waals surface area (Å²) in [5.41, 5.74) is 2.46. The molecule has 6 nitrogen and oxygen atoms in total. The molecule has 1 amide bonds. The molecule has 1 unspecified atom stereocenters. The Morgan fingerprint density at radius 1 is 1.00 bits per heavy atom. The fourth-order valence-corrected chi connectivity index (χ4v) is 5.77. The molecule has 2 aliphatic heterocycles. The lowest BCUT2D eigenvalue weighted by molar-refractivity contribution is 0.0867. The van der Waals surface area contributed by atoms with Gasteiger partial charge >= 0.3 is 0 Å². The number of carbonyl (C=O) groups is 1. The van der Waals surface area contributed by atoms with Gasteiger partial charge in [0.25, 0.3) is 15.9 Å². The maximum Gasteiger partial charge on any atom is 0.269 e. The summed E-state index contributed by atoms with van der Waals surface area (Å²) in [5.74, 6) is -0.529. The van der Waals surface area contributed by atoms with Crippen molar-refractivity contribution in [1.29, 1.82) is 0 Å². The summed E-state index contributed by atoms with van der Waals surface area (Å²) in [5, 5.41) is 0. The van der Waals surface area contributed by atoms with Crippen LogP contribution >= 0.6 is 0 Å². The first kappa shape index (κ1) is 19.9. The van der Waals surface area contributed by atoms with Gasteiger partial charge in [0.2, 0.25) is 0 Å². The maximum absolute atomic E-state index is 12.8. The second-order valence-electron chi connectivity index (χ2n) is 7.75. The summed E-state index contributed by atoms with van der Waals surface area (Å²) in [6.07, 6.45) is 0. The fourth-order valence-electron chi connectivity index (χ4n) is 4.12. The van der Waals surface area contributed by atoms with Crippen molar-refractivity contribution >= 4 is 21.6 Å². The number of likely N-dealkylation sites (N-methyl/N-ethyl adjacent to an activating group) is 1. The van der Waals surface area contributed by atoms with Crippen LogP contribution in [0.1, 0.15) is 35.7 Å². The van der Waals surface area contributed by atoms with Gasteiger partial charge in [0.1, 0.15) is 4.90 Å². The normalized spacial score (nSPS) is 20.0. The molecule has 1 atom stereocenters. The quantitative estimate of drug-likeness (QED) is 0.754. The molecular weight excluding hydrogens is 386 g/mol. The molecule has 0 aromatic heterocycles. The van der Waals surface area contributed by atoms with Crippen molar-refractivity contribution in [2.45, 2.75) is 24.7 Å². The van der Waals surface area contributed by atoms with Gasteiger partial charge in [-0.25, -0.2) is 12.7 Å². The number of benzene rings is 2. The molecule has 154 valence electrons. The van der Waals surface area contributed by atoms with Crippen molar-refractivity contribution in [3.05, 3.63) is 59.7 Å². The third-order valence-electron chi connectivity index (χ3n) is 5.98. The highest BCUT2D eigenvalue weighted by molar-refractivity contribution is 7.90. The van der Waals surface area contributed by atoms with Crippen LogP contribution in [0, 0.1) is 0 Å². The summed E-state index contributed by atoms with van der Waals surface area (Å²) in [6, 6.07) is 14.7. The predicted molar refractivity (Wildman–Crippen MR) is 114 cm³/mol. The van der Waals surface area contributed by atoms with Crippen LogP contribution in [-0.2, 0) is 10.0 Å². The van der Waals surface area contributed by atoms with Crippen molar-refractivity contribution in [2.24, 2.45) is 0 Å². The number of carbonyl (C=O) groups excluding carboxylic acids is 1. The first-order valence-electron chi connectivity index (χ1n) is 10.1. The van der Waals surface area contributed by atoms with Crippen LogP contribution in [0.15, 0.2) is 53.4 Å². The number of hydrogen-bond donors (Lipinski definition) is 0. The molecule has 29 heavy (non-hydrogen) atoms. The average molecular weight is 414 g/mol. The molecule has 0 radical (unpaired) electrons. The van der Waals surface area contributed by atoms with Gasteiger partial charge in [0.05, 0.1) is 5.56 Å². The lowest BCUT2D eigenvalue weighted by atomic mass is 10.00. The molecule has 2 aromatic rings. The van der Waals surface area contributed by atoms with Crippen LogP contribution in [0.25, 0.3) is 0 Å². The van der Waals surface area contributed by atoms with Gasteiger partial charge in [-0.3, -0.25) is 4.79 Å². The number of sulfonamides is 1. The van der Waals surface area contributed by atoms with Crippen LogP contribution in [0.4, 0.5) is 5.69 Å². The van der Waals surface area contributed by atoms with E-state index in [4.69, 9.17) is 0 Å². The summed E-state index contributed by atoms with van der Waals surface area (Å²) in [7, 11) is -3.77. The highest BCUT2D eigenvalue weighted by Gasteiger charge is 2.41. The zero-order valence-electron chi connectivity index (χ0n) is 16.9. The first-order chi connectivity index (χ1) is 13.9.